The van der Waals surface area contributed by atoms with Gasteiger partial charge in [0, 0.05) is 32.2 Å². The minimum atomic E-state index is -3.74. The van der Waals surface area contributed by atoms with Crippen LogP contribution in [-0.4, -0.2) is 61.9 Å². The number of sulfonamides is 1. The Bertz CT molecular complexity index is 821. The molecule has 1 aromatic carbocycles. The molecule has 0 saturated carbocycles. The quantitative estimate of drug-likeness (QED) is 0.490. The molecule has 1 aliphatic heterocycles. The number of amides is 2. The average Bonchev–Trinajstić information content (AvgIpc) is 2.72. The predicted octanol–water partition coefficient (Wildman–Crippen LogP) is 0.866. The monoisotopic (exact) mass is 443 g/mol. The van der Waals surface area contributed by atoms with E-state index in [9.17, 15) is 22.4 Å². The molecule has 2 rings (SSSR count). The third-order valence-corrected chi connectivity index (χ3v) is 7.07. The van der Waals surface area contributed by atoms with Crippen LogP contribution in [0, 0.1) is 17.7 Å². The number of nitrogens with one attached hydrogen (secondary N) is 2. The molecule has 30 heavy (non-hydrogen) atoms. The first-order valence-corrected chi connectivity index (χ1v) is 11.6. The SMILES string of the molecule is CC(C)C(NC(=O)C1CCN(S(=O)(=O)c2ccc(F)cc2)CC1)C(=O)NCCCO. The summed E-state index contributed by atoms with van der Waals surface area (Å²) in [6.07, 6.45) is 1.11. The Hall–Kier alpha value is -2.04. The number of hydrogen-bond donors (Lipinski definition) is 3. The molecule has 0 bridgehead atoms. The van der Waals surface area contributed by atoms with Gasteiger partial charge in [-0.15, -0.1) is 0 Å². The third-order valence-electron chi connectivity index (χ3n) is 5.16. The van der Waals surface area contributed by atoms with Crippen LogP contribution in [0.5, 0.6) is 0 Å². The fraction of sp³-hybridized carbons (Fsp3) is 0.600. The summed E-state index contributed by atoms with van der Waals surface area (Å²) >= 11 is 0. The van der Waals surface area contributed by atoms with Crippen LogP contribution < -0.4 is 10.6 Å². The third kappa shape index (κ3) is 6.23. The Morgan fingerprint density at radius 1 is 1.20 bits per heavy atom. The number of benzene rings is 1. The van der Waals surface area contributed by atoms with E-state index in [0.717, 1.165) is 12.1 Å². The molecule has 0 aliphatic carbocycles. The van der Waals surface area contributed by atoms with Crippen LogP contribution in [0.15, 0.2) is 29.2 Å². The molecule has 1 unspecified atom stereocenters. The van der Waals surface area contributed by atoms with Gasteiger partial charge in [-0.05, 0) is 49.4 Å². The van der Waals surface area contributed by atoms with Gasteiger partial charge in [-0.2, -0.15) is 4.31 Å². The molecule has 1 fully saturated rings. The summed E-state index contributed by atoms with van der Waals surface area (Å²) in [7, 11) is -3.74. The number of rotatable bonds is 9. The van der Waals surface area contributed by atoms with Crippen molar-refractivity contribution >= 4 is 21.8 Å². The number of carbonyl (C=O) groups is 2. The first-order chi connectivity index (χ1) is 14.2. The maximum absolute atomic E-state index is 13.1. The highest BCUT2D eigenvalue weighted by Gasteiger charge is 2.34. The number of halogens is 1. The van der Waals surface area contributed by atoms with Gasteiger partial charge in [0.2, 0.25) is 21.8 Å². The lowest BCUT2D eigenvalue weighted by atomic mass is 9.95. The Morgan fingerprint density at radius 3 is 2.33 bits per heavy atom. The summed E-state index contributed by atoms with van der Waals surface area (Å²) in [5.74, 6) is -1.60. The number of nitrogens with zero attached hydrogens (tertiary/aromatic N) is 1. The van der Waals surface area contributed by atoms with Crippen molar-refractivity contribution in [3.05, 3.63) is 30.1 Å². The minimum Gasteiger partial charge on any atom is -0.396 e. The highest BCUT2D eigenvalue weighted by molar-refractivity contribution is 7.89. The second kappa shape index (κ2) is 10.8. The van der Waals surface area contributed by atoms with Gasteiger partial charge >= 0.3 is 0 Å². The summed E-state index contributed by atoms with van der Waals surface area (Å²) in [6.45, 7) is 4.30. The van der Waals surface area contributed by atoms with E-state index >= 15 is 0 Å². The zero-order chi connectivity index (χ0) is 22.3. The second-order valence-corrected chi connectivity index (χ2v) is 9.67. The second-order valence-electron chi connectivity index (χ2n) is 7.73. The van der Waals surface area contributed by atoms with Crippen LogP contribution in [0.1, 0.15) is 33.1 Å². The Balaban J connectivity index is 1.94. The van der Waals surface area contributed by atoms with Gasteiger partial charge in [-0.25, -0.2) is 12.8 Å². The van der Waals surface area contributed by atoms with Gasteiger partial charge in [0.15, 0.2) is 0 Å². The van der Waals surface area contributed by atoms with Gasteiger partial charge in [-0.3, -0.25) is 9.59 Å². The van der Waals surface area contributed by atoms with Crippen molar-refractivity contribution in [1.82, 2.24) is 14.9 Å². The van der Waals surface area contributed by atoms with Crippen LogP contribution in [0.4, 0.5) is 4.39 Å². The highest BCUT2D eigenvalue weighted by Crippen LogP contribution is 2.24. The molecular formula is C20H30FN3O5S. The number of piperidine rings is 1. The zero-order valence-corrected chi connectivity index (χ0v) is 18.1. The molecule has 0 aromatic heterocycles. The standard InChI is InChI=1S/C20H30FN3O5S/c1-14(2)18(20(27)22-10-3-13-25)23-19(26)15-8-11-24(12-9-15)30(28,29)17-6-4-16(21)5-7-17/h4-7,14-15,18,25H,3,8-13H2,1-2H3,(H,22,27)(H,23,26). The van der Waals surface area contributed by atoms with Crippen molar-refractivity contribution in [3.63, 3.8) is 0 Å². The van der Waals surface area contributed by atoms with E-state index in [2.05, 4.69) is 10.6 Å². The molecule has 10 heteroatoms. The van der Waals surface area contributed by atoms with E-state index in [1.807, 2.05) is 13.8 Å². The molecule has 0 spiro atoms. The van der Waals surface area contributed by atoms with Crippen molar-refractivity contribution in [3.8, 4) is 0 Å². The maximum atomic E-state index is 13.1. The van der Waals surface area contributed by atoms with Gasteiger partial charge < -0.3 is 15.7 Å². The van der Waals surface area contributed by atoms with Crippen molar-refractivity contribution in [2.24, 2.45) is 11.8 Å². The lowest BCUT2D eigenvalue weighted by molar-refractivity contribution is -0.132. The fourth-order valence-corrected chi connectivity index (χ4v) is 4.79. The molecular weight excluding hydrogens is 413 g/mol. The van der Waals surface area contributed by atoms with E-state index < -0.39 is 27.8 Å². The summed E-state index contributed by atoms with van der Waals surface area (Å²) in [4.78, 5) is 25.0. The van der Waals surface area contributed by atoms with Gasteiger partial charge in [0.05, 0.1) is 4.90 Å². The number of aliphatic hydroxyl groups is 1. The Morgan fingerprint density at radius 2 is 1.80 bits per heavy atom. The highest BCUT2D eigenvalue weighted by atomic mass is 32.2. The first kappa shape index (κ1) is 24.2. The fourth-order valence-electron chi connectivity index (χ4n) is 3.32. The lowest BCUT2D eigenvalue weighted by Crippen LogP contribution is -2.52. The molecule has 1 saturated heterocycles. The van der Waals surface area contributed by atoms with E-state index in [1.54, 1.807) is 0 Å². The topological polar surface area (TPSA) is 116 Å². The van der Waals surface area contributed by atoms with Gasteiger partial charge in [0.1, 0.15) is 11.9 Å². The molecule has 8 nitrogen and oxygen atoms in total. The molecule has 0 radical (unpaired) electrons. The number of hydrogen-bond acceptors (Lipinski definition) is 5. The molecule has 1 heterocycles. The molecule has 1 aromatic rings. The summed E-state index contributed by atoms with van der Waals surface area (Å²) in [6, 6.07) is 3.96. The summed E-state index contributed by atoms with van der Waals surface area (Å²) in [5.41, 5.74) is 0. The Labute approximate surface area is 176 Å². The summed E-state index contributed by atoms with van der Waals surface area (Å²) in [5, 5.41) is 14.3. The minimum absolute atomic E-state index is 0.0197. The molecule has 3 N–H and O–H groups in total. The van der Waals surface area contributed by atoms with Crippen LogP contribution in [0.25, 0.3) is 0 Å². The van der Waals surface area contributed by atoms with Crippen molar-refractivity contribution < 1.29 is 27.5 Å². The normalized spacial score (nSPS) is 17.0. The summed E-state index contributed by atoms with van der Waals surface area (Å²) < 4.78 is 39.7. The van der Waals surface area contributed by atoms with Gasteiger partial charge in [0.25, 0.3) is 0 Å². The van der Waals surface area contributed by atoms with E-state index in [0.29, 0.717) is 25.8 Å². The number of aliphatic hydroxyl groups excluding tert-OH is 1. The predicted molar refractivity (Wildman–Crippen MR) is 109 cm³/mol. The molecule has 1 atom stereocenters. The zero-order valence-electron chi connectivity index (χ0n) is 17.3. The van der Waals surface area contributed by atoms with Crippen LogP contribution >= 0.6 is 0 Å². The van der Waals surface area contributed by atoms with Crippen molar-refractivity contribution in [2.75, 3.05) is 26.2 Å². The van der Waals surface area contributed by atoms with Crippen molar-refractivity contribution in [2.45, 2.75) is 44.0 Å². The smallest absolute Gasteiger partial charge is 0.243 e. The van der Waals surface area contributed by atoms with E-state index in [-0.39, 0.29) is 42.3 Å². The molecule has 2 amide bonds. The molecule has 168 valence electrons. The van der Waals surface area contributed by atoms with Crippen LogP contribution in [0.2, 0.25) is 0 Å². The van der Waals surface area contributed by atoms with Crippen molar-refractivity contribution in [1.29, 1.82) is 0 Å². The lowest BCUT2D eigenvalue weighted by Gasteiger charge is -2.32. The van der Waals surface area contributed by atoms with Crippen LogP contribution in [-0.2, 0) is 19.6 Å². The first-order valence-electron chi connectivity index (χ1n) is 10.1. The Kier molecular flexibility index (Phi) is 8.75. The van der Waals surface area contributed by atoms with E-state index in [1.165, 1.54) is 16.4 Å². The van der Waals surface area contributed by atoms with Crippen LogP contribution in [0.3, 0.4) is 0 Å². The number of carbonyl (C=O) groups excluding carboxylic acids is 2. The van der Waals surface area contributed by atoms with Gasteiger partial charge in [-0.1, -0.05) is 13.8 Å². The molecule has 1 aliphatic rings. The largest absolute Gasteiger partial charge is 0.396 e. The average molecular weight is 444 g/mol. The van der Waals surface area contributed by atoms with E-state index in [4.69, 9.17) is 5.11 Å². The maximum Gasteiger partial charge on any atom is 0.243 e.